The number of carbonyl (C=O) groups is 3. The summed E-state index contributed by atoms with van der Waals surface area (Å²) >= 11 is 1.36. The summed E-state index contributed by atoms with van der Waals surface area (Å²) in [5, 5.41) is 11.8. The number of benzene rings is 1. The van der Waals surface area contributed by atoms with Gasteiger partial charge in [0.25, 0.3) is 0 Å². The van der Waals surface area contributed by atoms with Crippen molar-refractivity contribution in [2.75, 3.05) is 17.6 Å². The Morgan fingerprint density at radius 2 is 1.96 bits per heavy atom. The number of ketones is 2. The number of amides is 2. The second-order valence-corrected chi connectivity index (χ2v) is 6.80. The third-order valence-electron chi connectivity index (χ3n) is 3.76. The predicted octanol–water partition coefficient (Wildman–Crippen LogP) is 3.01. The number of unbranched alkanes of at least 4 members (excludes halogenated alkanes) is 1. The summed E-state index contributed by atoms with van der Waals surface area (Å²) < 4.78 is 0. The van der Waals surface area contributed by atoms with Crippen molar-refractivity contribution in [3.05, 3.63) is 58.8 Å². The number of hydrogen-bond acceptors (Lipinski definition) is 5. The van der Waals surface area contributed by atoms with Crippen molar-refractivity contribution in [3.8, 4) is 0 Å². The molecule has 0 aliphatic heterocycles. The Kier molecular flexibility index (Phi) is 5.85. The highest BCUT2D eigenvalue weighted by Gasteiger charge is 2.27. The first-order valence-corrected chi connectivity index (χ1v) is 9.20. The number of aromatic amines is 1. The van der Waals surface area contributed by atoms with Crippen LogP contribution in [0.25, 0.3) is 0 Å². The molecule has 2 aromatic rings. The molecule has 0 atom stereocenters. The Morgan fingerprint density at radius 3 is 2.77 bits per heavy atom. The fourth-order valence-electron chi connectivity index (χ4n) is 2.45. The summed E-state index contributed by atoms with van der Waals surface area (Å²) in [4.78, 5) is 36.3. The van der Waals surface area contributed by atoms with Gasteiger partial charge in [0.05, 0.1) is 16.7 Å². The van der Waals surface area contributed by atoms with Gasteiger partial charge in [0, 0.05) is 18.3 Å². The molecule has 1 aromatic heterocycles. The van der Waals surface area contributed by atoms with E-state index in [-0.39, 0.29) is 23.3 Å². The molecule has 0 saturated heterocycles. The first-order valence-electron chi connectivity index (χ1n) is 8.22. The number of anilines is 1. The van der Waals surface area contributed by atoms with Crippen LogP contribution >= 0.6 is 11.8 Å². The molecule has 2 amide bonds. The normalized spacial score (nSPS) is 13.2. The van der Waals surface area contributed by atoms with E-state index in [1.54, 1.807) is 0 Å². The van der Waals surface area contributed by atoms with Gasteiger partial charge >= 0.3 is 6.03 Å². The van der Waals surface area contributed by atoms with Gasteiger partial charge in [-0.2, -0.15) is 5.10 Å². The molecular formula is C18H18N4O3S. The van der Waals surface area contributed by atoms with Crippen LogP contribution in [0.5, 0.6) is 0 Å². The minimum absolute atomic E-state index is 0.168. The molecule has 1 aliphatic carbocycles. The summed E-state index contributed by atoms with van der Waals surface area (Å²) in [5.41, 5.74) is 1.33. The van der Waals surface area contributed by atoms with Crippen molar-refractivity contribution in [3.63, 3.8) is 0 Å². The number of thioether (sulfide) groups is 1. The number of fused-ring (bicyclic) bond motifs is 1. The summed E-state index contributed by atoms with van der Waals surface area (Å²) in [6.45, 7) is 0.539. The minimum Gasteiger partial charge on any atom is -0.338 e. The van der Waals surface area contributed by atoms with E-state index in [4.69, 9.17) is 0 Å². The number of hydrogen-bond donors (Lipinski definition) is 3. The van der Waals surface area contributed by atoms with Crippen molar-refractivity contribution in [1.29, 1.82) is 0 Å². The van der Waals surface area contributed by atoms with Gasteiger partial charge in [-0.1, -0.05) is 18.2 Å². The molecule has 0 unspecified atom stereocenters. The molecule has 1 heterocycles. The average Bonchev–Trinajstić information content (AvgIpc) is 3.13. The maximum Gasteiger partial charge on any atom is 0.319 e. The van der Waals surface area contributed by atoms with E-state index < -0.39 is 0 Å². The lowest BCUT2D eigenvalue weighted by Crippen LogP contribution is -2.29. The van der Waals surface area contributed by atoms with Crippen LogP contribution in [-0.2, 0) is 0 Å². The van der Waals surface area contributed by atoms with Gasteiger partial charge in [-0.15, -0.1) is 11.8 Å². The first kappa shape index (κ1) is 17.9. The van der Waals surface area contributed by atoms with Gasteiger partial charge in [-0.3, -0.25) is 14.7 Å². The van der Waals surface area contributed by atoms with Crippen molar-refractivity contribution < 1.29 is 14.4 Å². The molecule has 3 N–H and O–H groups in total. The number of allylic oxidation sites excluding steroid dienone is 2. The van der Waals surface area contributed by atoms with Crippen molar-refractivity contribution in [2.24, 2.45) is 0 Å². The lowest BCUT2D eigenvalue weighted by Gasteiger charge is -2.11. The van der Waals surface area contributed by atoms with E-state index in [1.165, 1.54) is 24.0 Å². The van der Waals surface area contributed by atoms with Gasteiger partial charge < -0.3 is 10.6 Å². The van der Waals surface area contributed by atoms with E-state index in [0.717, 1.165) is 18.5 Å². The summed E-state index contributed by atoms with van der Waals surface area (Å²) in [6.07, 6.45) is 4.34. The molecule has 0 saturated carbocycles. The van der Waals surface area contributed by atoms with Gasteiger partial charge in [0.1, 0.15) is 5.69 Å². The monoisotopic (exact) mass is 370 g/mol. The third-order valence-corrected chi connectivity index (χ3v) is 4.87. The number of nitrogens with zero attached hydrogens (tertiary/aromatic N) is 1. The Morgan fingerprint density at radius 1 is 1.15 bits per heavy atom. The fourth-order valence-corrected chi connectivity index (χ4v) is 3.45. The van der Waals surface area contributed by atoms with E-state index in [0.29, 0.717) is 22.8 Å². The SMILES string of the molecule is O=C(NCCCCSC1=CC(=O)c2[nH]ncc2C1=O)Nc1ccccc1. The summed E-state index contributed by atoms with van der Waals surface area (Å²) in [6, 6.07) is 8.98. The number of Topliss-reactive ketones (excluding diaryl/α,β-unsaturated/α-hetero) is 1. The Bertz CT molecular complexity index is 845. The Labute approximate surface area is 154 Å². The van der Waals surface area contributed by atoms with Crippen LogP contribution in [0.1, 0.15) is 33.7 Å². The lowest BCUT2D eigenvalue weighted by atomic mass is 10.0. The molecule has 0 fully saturated rings. The van der Waals surface area contributed by atoms with Crippen LogP contribution in [0, 0.1) is 0 Å². The smallest absolute Gasteiger partial charge is 0.319 e. The number of rotatable bonds is 7. The fraction of sp³-hybridized carbons (Fsp3) is 0.222. The minimum atomic E-state index is -0.243. The maximum absolute atomic E-state index is 12.2. The summed E-state index contributed by atoms with van der Waals surface area (Å²) in [5.74, 6) is 0.303. The van der Waals surface area contributed by atoms with Gasteiger partial charge in [-0.25, -0.2) is 4.79 Å². The molecule has 1 aliphatic rings. The highest BCUT2D eigenvalue weighted by Crippen LogP contribution is 2.27. The zero-order valence-corrected chi connectivity index (χ0v) is 14.8. The molecule has 26 heavy (non-hydrogen) atoms. The van der Waals surface area contributed by atoms with Crippen molar-refractivity contribution in [2.45, 2.75) is 12.8 Å². The standard InChI is InChI=1S/C18H18N4O3S/c23-14-10-15(17(24)13-11-20-22-16(13)14)26-9-5-4-8-19-18(25)21-12-6-2-1-3-7-12/h1-3,6-7,10-11H,4-5,8-9H2,(H,20,22)(H2,19,21,25). The van der Waals surface area contributed by atoms with Crippen LogP contribution < -0.4 is 10.6 Å². The molecule has 1 aromatic carbocycles. The zero-order valence-electron chi connectivity index (χ0n) is 14.0. The number of carbonyl (C=O) groups excluding carboxylic acids is 3. The van der Waals surface area contributed by atoms with Gasteiger partial charge in [0.2, 0.25) is 11.6 Å². The topological polar surface area (TPSA) is 104 Å². The van der Waals surface area contributed by atoms with Crippen LogP contribution in [0.3, 0.4) is 0 Å². The Hall–Kier alpha value is -2.87. The molecule has 3 rings (SSSR count). The largest absolute Gasteiger partial charge is 0.338 e. The van der Waals surface area contributed by atoms with E-state index >= 15 is 0 Å². The zero-order chi connectivity index (χ0) is 18.4. The Balaban J connectivity index is 1.34. The number of nitrogens with one attached hydrogen (secondary N) is 3. The predicted molar refractivity (Wildman–Crippen MR) is 100 cm³/mol. The molecule has 0 spiro atoms. The molecule has 0 bridgehead atoms. The van der Waals surface area contributed by atoms with Crippen LogP contribution in [0.2, 0.25) is 0 Å². The van der Waals surface area contributed by atoms with Crippen molar-refractivity contribution >= 4 is 35.0 Å². The quantitative estimate of drug-likeness (QED) is 0.650. The van der Waals surface area contributed by atoms with Gasteiger partial charge in [-0.05, 0) is 30.7 Å². The third kappa shape index (κ3) is 4.40. The first-order chi connectivity index (χ1) is 12.6. The van der Waals surface area contributed by atoms with E-state index in [9.17, 15) is 14.4 Å². The van der Waals surface area contributed by atoms with Gasteiger partial charge in [0.15, 0.2) is 0 Å². The van der Waals surface area contributed by atoms with E-state index in [1.807, 2.05) is 30.3 Å². The molecule has 134 valence electrons. The second kappa shape index (κ2) is 8.48. The lowest BCUT2D eigenvalue weighted by molar-refractivity contribution is 0.0989. The van der Waals surface area contributed by atoms with Crippen LogP contribution in [0.15, 0.2) is 47.5 Å². The van der Waals surface area contributed by atoms with E-state index in [2.05, 4.69) is 20.8 Å². The van der Waals surface area contributed by atoms with Crippen LogP contribution in [0.4, 0.5) is 10.5 Å². The molecule has 0 radical (unpaired) electrons. The molecule has 7 nitrogen and oxygen atoms in total. The second-order valence-electron chi connectivity index (χ2n) is 5.66. The molecular weight excluding hydrogens is 352 g/mol. The number of aromatic nitrogens is 2. The average molecular weight is 370 g/mol. The maximum atomic E-state index is 12.2. The highest BCUT2D eigenvalue weighted by atomic mass is 32.2. The van der Waals surface area contributed by atoms with Crippen LogP contribution in [-0.4, -0.2) is 40.1 Å². The number of H-pyrrole nitrogens is 1. The van der Waals surface area contributed by atoms with Crippen molar-refractivity contribution in [1.82, 2.24) is 15.5 Å². The number of para-hydroxylation sites is 1. The highest BCUT2D eigenvalue weighted by molar-refractivity contribution is 8.04. The number of urea groups is 1. The molecule has 8 heteroatoms. The summed E-state index contributed by atoms with van der Waals surface area (Å²) in [7, 11) is 0.